The van der Waals surface area contributed by atoms with Crippen molar-refractivity contribution in [2.24, 2.45) is 4.99 Å². The Bertz CT molecular complexity index is 632. The number of guanidine groups is 1. The summed E-state index contributed by atoms with van der Waals surface area (Å²) in [4.78, 5) is 16.4. The molecule has 1 amide bonds. The second-order valence-corrected chi connectivity index (χ2v) is 6.74. The van der Waals surface area contributed by atoms with Gasteiger partial charge >= 0.3 is 0 Å². The molecule has 6 nitrogen and oxygen atoms in total. The van der Waals surface area contributed by atoms with Gasteiger partial charge < -0.3 is 20.7 Å². The summed E-state index contributed by atoms with van der Waals surface area (Å²) in [5, 5.41) is 9.71. The average molecular weight is 344 g/mol. The Morgan fingerprint density at radius 3 is 2.88 bits per heavy atom. The number of hydrogen-bond donors (Lipinski definition) is 3. The minimum Gasteiger partial charge on any atom is -0.373 e. The van der Waals surface area contributed by atoms with Gasteiger partial charge in [0.25, 0.3) is 5.91 Å². The summed E-state index contributed by atoms with van der Waals surface area (Å²) in [7, 11) is 1.78. The highest BCUT2D eigenvalue weighted by atomic mass is 16.5. The Balaban J connectivity index is 1.52. The molecule has 3 N–H and O–H groups in total. The van der Waals surface area contributed by atoms with E-state index in [0.717, 1.165) is 30.8 Å². The maximum atomic E-state index is 12.1. The largest absolute Gasteiger partial charge is 0.373 e. The topological polar surface area (TPSA) is 74.8 Å². The monoisotopic (exact) mass is 344 g/mol. The minimum absolute atomic E-state index is 0.0228. The maximum Gasteiger partial charge on any atom is 0.251 e. The summed E-state index contributed by atoms with van der Waals surface area (Å²) in [6.45, 7) is 3.36. The molecule has 2 fully saturated rings. The molecular formula is C19H28N4O2. The lowest BCUT2D eigenvalue weighted by molar-refractivity contribution is 0.0953. The molecule has 2 heterocycles. The van der Waals surface area contributed by atoms with Crippen LogP contribution in [-0.4, -0.2) is 43.7 Å². The van der Waals surface area contributed by atoms with Gasteiger partial charge in [-0.3, -0.25) is 9.79 Å². The highest BCUT2D eigenvalue weighted by molar-refractivity contribution is 5.94. The van der Waals surface area contributed by atoms with E-state index < -0.39 is 0 Å². The fraction of sp³-hybridized carbons (Fsp3) is 0.579. The van der Waals surface area contributed by atoms with E-state index in [4.69, 9.17) is 4.74 Å². The van der Waals surface area contributed by atoms with Crippen molar-refractivity contribution in [1.29, 1.82) is 0 Å². The SMILES string of the molecule is CCCNC(=O)c1cccc(CNC(=NC)NC2CC3CCC2O3)c1. The third-order valence-corrected chi connectivity index (χ3v) is 4.84. The Kier molecular flexibility index (Phi) is 5.91. The first-order chi connectivity index (χ1) is 12.2. The van der Waals surface area contributed by atoms with Crippen LogP contribution in [0, 0.1) is 0 Å². The van der Waals surface area contributed by atoms with Gasteiger partial charge in [0.2, 0.25) is 0 Å². The molecule has 2 bridgehead atoms. The van der Waals surface area contributed by atoms with Crippen LogP contribution in [0.4, 0.5) is 0 Å². The van der Waals surface area contributed by atoms with Gasteiger partial charge in [-0.2, -0.15) is 0 Å². The lowest BCUT2D eigenvalue weighted by Crippen LogP contribution is -2.47. The van der Waals surface area contributed by atoms with E-state index >= 15 is 0 Å². The molecule has 3 atom stereocenters. The average Bonchev–Trinajstić information content (AvgIpc) is 3.26. The van der Waals surface area contributed by atoms with Gasteiger partial charge in [0.1, 0.15) is 0 Å². The van der Waals surface area contributed by atoms with E-state index in [-0.39, 0.29) is 5.91 Å². The molecule has 2 aliphatic rings. The Morgan fingerprint density at radius 2 is 2.20 bits per heavy atom. The van der Waals surface area contributed by atoms with Crippen molar-refractivity contribution in [3.63, 3.8) is 0 Å². The number of amides is 1. The van der Waals surface area contributed by atoms with E-state index in [1.807, 2.05) is 31.2 Å². The predicted octanol–water partition coefficient (Wildman–Crippen LogP) is 1.81. The van der Waals surface area contributed by atoms with Crippen LogP contribution in [0.25, 0.3) is 0 Å². The zero-order valence-corrected chi connectivity index (χ0v) is 15.0. The van der Waals surface area contributed by atoms with Crippen LogP contribution in [0.3, 0.4) is 0 Å². The van der Waals surface area contributed by atoms with Crippen molar-refractivity contribution in [3.8, 4) is 0 Å². The number of nitrogens with zero attached hydrogens (tertiary/aromatic N) is 1. The van der Waals surface area contributed by atoms with Crippen LogP contribution < -0.4 is 16.0 Å². The summed E-state index contributed by atoms with van der Waals surface area (Å²) in [5.74, 6) is 0.757. The molecular weight excluding hydrogens is 316 g/mol. The maximum absolute atomic E-state index is 12.1. The van der Waals surface area contributed by atoms with Crippen LogP contribution in [0.2, 0.25) is 0 Å². The van der Waals surface area contributed by atoms with E-state index in [1.54, 1.807) is 7.05 Å². The van der Waals surface area contributed by atoms with Gasteiger partial charge in [-0.15, -0.1) is 0 Å². The smallest absolute Gasteiger partial charge is 0.251 e. The zero-order chi connectivity index (χ0) is 17.6. The Morgan fingerprint density at radius 1 is 1.32 bits per heavy atom. The molecule has 1 aromatic rings. The summed E-state index contributed by atoms with van der Waals surface area (Å²) in [6.07, 6.45) is 5.03. The number of carbonyl (C=O) groups excluding carboxylic acids is 1. The quantitative estimate of drug-likeness (QED) is 0.543. The van der Waals surface area contributed by atoms with Crippen molar-refractivity contribution in [2.75, 3.05) is 13.6 Å². The van der Waals surface area contributed by atoms with Gasteiger partial charge in [-0.05, 0) is 43.4 Å². The molecule has 3 rings (SSSR count). The first-order valence-electron chi connectivity index (χ1n) is 9.19. The van der Waals surface area contributed by atoms with Crippen LogP contribution in [0.5, 0.6) is 0 Å². The van der Waals surface area contributed by atoms with E-state index in [0.29, 0.717) is 36.9 Å². The second kappa shape index (κ2) is 8.34. The molecule has 0 aromatic heterocycles. The normalized spacial score (nSPS) is 25.0. The number of hydrogen-bond acceptors (Lipinski definition) is 3. The third-order valence-electron chi connectivity index (χ3n) is 4.84. The summed E-state index contributed by atoms with van der Waals surface area (Å²) < 4.78 is 5.88. The standard InChI is InChI=1S/C19H28N4O2/c1-3-9-21-18(24)14-6-4-5-13(10-14)12-22-19(20-2)23-16-11-15-7-8-17(16)25-15/h4-6,10,15-17H,3,7-9,11-12H2,1-2H3,(H,21,24)(H2,20,22,23). The summed E-state index contributed by atoms with van der Waals surface area (Å²) >= 11 is 0. The van der Waals surface area contributed by atoms with Gasteiger partial charge in [0.05, 0.1) is 18.2 Å². The molecule has 0 saturated carbocycles. The molecule has 1 aromatic carbocycles. The lowest BCUT2D eigenvalue weighted by atomic mass is 9.96. The second-order valence-electron chi connectivity index (χ2n) is 6.74. The minimum atomic E-state index is -0.0228. The molecule has 2 aliphatic heterocycles. The number of aliphatic imine (C=N–C) groups is 1. The van der Waals surface area contributed by atoms with Gasteiger partial charge in [0, 0.05) is 25.7 Å². The number of nitrogens with one attached hydrogen (secondary N) is 3. The van der Waals surface area contributed by atoms with Crippen molar-refractivity contribution in [3.05, 3.63) is 35.4 Å². The van der Waals surface area contributed by atoms with Crippen LogP contribution >= 0.6 is 0 Å². The van der Waals surface area contributed by atoms with E-state index in [1.165, 1.54) is 6.42 Å². The number of ether oxygens (including phenoxy) is 1. The number of carbonyl (C=O) groups is 1. The Hall–Kier alpha value is -2.08. The zero-order valence-electron chi connectivity index (χ0n) is 15.0. The van der Waals surface area contributed by atoms with Crippen LogP contribution in [0.1, 0.15) is 48.5 Å². The Labute approximate surface area is 149 Å². The fourth-order valence-corrected chi connectivity index (χ4v) is 3.51. The predicted molar refractivity (Wildman–Crippen MR) is 98.7 cm³/mol. The molecule has 0 radical (unpaired) electrons. The number of benzene rings is 1. The van der Waals surface area contributed by atoms with Crippen molar-refractivity contribution >= 4 is 11.9 Å². The van der Waals surface area contributed by atoms with Gasteiger partial charge in [-0.1, -0.05) is 19.1 Å². The third kappa shape index (κ3) is 4.51. The molecule has 2 saturated heterocycles. The fourth-order valence-electron chi connectivity index (χ4n) is 3.51. The van der Waals surface area contributed by atoms with Crippen LogP contribution in [-0.2, 0) is 11.3 Å². The van der Waals surface area contributed by atoms with E-state index in [2.05, 4.69) is 20.9 Å². The van der Waals surface area contributed by atoms with Gasteiger partial charge in [0.15, 0.2) is 5.96 Å². The highest BCUT2D eigenvalue weighted by Gasteiger charge is 2.41. The first-order valence-corrected chi connectivity index (χ1v) is 9.19. The van der Waals surface area contributed by atoms with Crippen LogP contribution in [0.15, 0.2) is 29.3 Å². The summed E-state index contributed by atoms with van der Waals surface area (Å²) in [6, 6.07) is 8.03. The van der Waals surface area contributed by atoms with E-state index in [9.17, 15) is 4.79 Å². The lowest BCUT2D eigenvalue weighted by Gasteiger charge is -2.22. The molecule has 25 heavy (non-hydrogen) atoms. The van der Waals surface area contributed by atoms with Crippen molar-refractivity contribution < 1.29 is 9.53 Å². The molecule has 6 heteroatoms. The summed E-state index contributed by atoms with van der Waals surface area (Å²) in [5.41, 5.74) is 1.74. The van der Waals surface area contributed by atoms with Crippen molar-refractivity contribution in [1.82, 2.24) is 16.0 Å². The molecule has 0 spiro atoms. The first kappa shape index (κ1) is 17.7. The molecule has 3 unspecified atom stereocenters. The van der Waals surface area contributed by atoms with Gasteiger partial charge in [-0.25, -0.2) is 0 Å². The highest BCUT2D eigenvalue weighted by Crippen LogP contribution is 2.34. The molecule has 136 valence electrons. The van der Waals surface area contributed by atoms with Crippen molar-refractivity contribution in [2.45, 2.75) is 57.4 Å². The number of rotatable bonds is 6. The molecule has 0 aliphatic carbocycles. The number of fused-ring (bicyclic) bond motifs is 2.